The Kier molecular flexibility index (Phi) is 6.05. The number of H-pyrrole nitrogens is 1. The molecule has 0 spiro atoms. The zero-order valence-corrected chi connectivity index (χ0v) is 24.2. The third-order valence-electron chi connectivity index (χ3n) is 9.58. The normalized spacial score (nSPS) is 23.4. The number of hydrogen-bond donors (Lipinski definition) is 2. The first-order chi connectivity index (χ1) is 19.5. The maximum Gasteiger partial charge on any atom is 0.494 e. The number of carboxylic acid groups (broad SMARTS) is 1. The van der Waals surface area contributed by atoms with Crippen LogP contribution in [-0.4, -0.2) is 64.6 Å². The Hall–Kier alpha value is -3.34. The molecule has 1 aromatic heterocycles. The van der Waals surface area contributed by atoms with Gasteiger partial charge in [-0.15, -0.1) is 0 Å². The van der Waals surface area contributed by atoms with Gasteiger partial charge in [-0.25, -0.2) is 9.78 Å². The average molecular weight is 557 g/mol. The van der Waals surface area contributed by atoms with Crippen molar-refractivity contribution in [3.8, 4) is 28.1 Å². The van der Waals surface area contributed by atoms with Crippen molar-refractivity contribution in [3.63, 3.8) is 0 Å². The lowest BCUT2D eigenvalue weighted by molar-refractivity contribution is 0.00578. The molecule has 2 atom stereocenters. The van der Waals surface area contributed by atoms with Crippen molar-refractivity contribution < 1.29 is 28.7 Å². The summed E-state index contributed by atoms with van der Waals surface area (Å²) in [5, 5.41) is 9.84. The van der Waals surface area contributed by atoms with Gasteiger partial charge in [0.15, 0.2) is 0 Å². The van der Waals surface area contributed by atoms with Gasteiger partial charge in [0.1, 0.15) is 18.2 Å². The molecule has 2 aromatic carbocycles. The zero-order chi connectivity index (χ0) is 28.7. The Labute approximate surface area is 240 Å². The number of carbonyl (C=O) groups is 1. The van der Waals surface area contributed by atoms with E-state index in [2.05, 4.69) is 63.0 Å². The maximum absolute atomic E-state index is 12.0. The molecule has 0 saturated carbocycles. The van der Waals surface area contributed by atoms with Crippen LogP contribution in [0.25, 0.3) is 22.4 Å². The number of nitrogens with zero attached hydrogens (tertiary/aromatic N) is 2. The third kappa shape index (κ3) is 4.26. The highest BCUT2D eigenvalue weighted by Crippen LogP contribution is 2.45. The number of aromatic nitrogens is 2. The predicted molar refractivity (Wildman–Crippen MR) is 154 cm³/mol. The van der Waals surface area contributed by atoms with Crippen LogP contribution >= 0.6 is 0 Å². The standard InChI is InChI=1S/C31H36BN3O6/c1-30(2)31(3,4)41-32(40-30)20-7-8-21-19(11-20)16-39-26-13-22-18(12-23(21)26)6-9-24-27(22)34-28(33-24)25-10-17(15-38-5)14-35(25)29(36)37/h7-8,11-13,17,25H,6,9-10,14-16H2,1-5H3,(H,33,34)(H,36,37)/t17-,25-/m0/s1. The van der Waals surface area contributed by atoms with Crippen molar-refractivity contribution in [2.24, 2.45) is 5.92 Å². The lowest BCUT2D eigenvalue weighted by atomic mass is 9.76. The third-order valence-corrected chi connectivity index (χ3v) is 9.58. The van der Waals surface area contributed by atoms with Crippen molar-refractivity contribution >= 4 is 18.7 Å². The van der Waals surface area contributed by atoms with Gasteiger partial charge in [0.25, 0.3) is 0 Å². The van der Waals surface area contributed by atoms with Gasteiger partial charge < -0.3 is 28.9 Å². The number of rotatable bonds is 4. The summed E-state index contributed by atoms with van der Waals surface area (Å²) in [7, 11) is 1.24. The number of imidazole rings is 1. The fourth-order valence-electron chi connectivity index (χ4n) is 6.66. The molecule has 2 N–H and O–H groups in total. The van der Waals surface area contributed by atoms with Crippen LogP contribution in [0.15, 0.2) is 30.3 Å². The smallest absolute Gasteiger partial charge is 0.488 e. The second kappa shape index (κ2) is 9.34. The number of likely N-dealkylation sites (tertiary alicyclic amines) is 1. The number of fused-ring (bicyclic) bond motifs is 6. The summed E-state index contributed by atoms with van der Waals surface area (Å²) in [4.78, 5) is 22.0. The molecule has 2 fully saturated rings. The molecule has 3 aliphatic heterocycles. The van der Waals surface area contributed by atoms with Crippen LogP contribution in [0.1, 0.15) is 62.8 Å². The fourth-order valence-corrected chi connectivity index (χ4v) is 6.66. The minimum Gasteiger partial charge on any atom is -0.488 e. The molecule has 41 heavy (non-hydrogen) atoms. The molecular formula is C31H36BN3O6. The molecule has 1 aliphatic carbocycles. The second-order valence-electron chi connectivity index (χ2n) is 12.8. The number of aromatic amines is 1. The van der Waals surface area contributed by atoms with Gasteiger partial charge in [0.05, 0.1) is 29.5 Å². The molecule has 7 rings (SSSR count). The number of nitrogens with one attached hydrogen (secondary N) is 1. The maximum atomic E-state index is 12.0. The van der Waals surface area contributed by atoms with Gasteiger partial charge in [0.2, 0.25) is 0 Å². The van der Waals surface area contributed by atoms with Crippen LogP contribution in [0, 0.1) is 5.92 Å². The Bertz CT molecular complexity index is 1530. The van der Waals surface area contributed by atoms with E-state index < -0.39 is 24.4 Å². The number of aryl methyl sites for hydroxylation is 2. The summed E-state index contributed by atoms with van der Waals surface area (Å²) in [6.45, 7) is 9.71. The fraction of sp³-hybridized carbons (Fsp3) is 0.484. The van der Waals surface area contributed by atoms with Crippen molar-refractivity contribution in [2.75, 3.05) is 20.3 Å². The summed E-state index contributed by atoms with van der Waals surface area (Å²) in [6, 6.07) is 10.4. The number of hydrogen-bond acceptors (Lipinski definition) is 6. The van der Waals surface area contributed by atoms with Crippen LogP contribution in [0.2, 0.25) is 0 Å². The van der Waals surface area contributed by atoms with Gasteiger partial charge in [-0.2, -0.15) is 0 Å². The van der Waals surface area contributed by atoms with Crippen LogP contribution in [-0.2, 0) is 33.5 Å². The highest BCUT2D eigenvalue weighted by Gasteiger charge is 2.51. The second-order valence-corrected chi connectivity index (χ2v) is 12.8. The van der Waals surface area contributed by atoms with Gasteiger partial charge in [-0.05, 0) is 81.2 Å². The lowest BCUT2D eigenvalue weighted by Crippen LogP contribution is -2.41. The Morgan fingerprint density at radius 2 is 1.88 bits per heavy atom. The molecule has 2 saturated heterocycles. The van der Waals surface area contributed by atoms with Gasteiger partial charge in [0, 0.05) is 36.4 Å². The number of amides is 1. The SMILES string of the molecule is COC[C@H]1C[C@@H](c2nc3c([nH]2)CCc2cc4c(cc2-3)OCc2cc(B3OC(C)(C)C(C)(C)O3)ccc2-4)N(C(=O)O)C1. The Morgan fingerprint density at radius 3 is 2.61 bits per heavy atom. The van der Waals surface area contributed by atoms with E-state index >= 15 is 0 Å². The van der Waals surface area contributed by atoms with Gasteiger partial charge >= 0.3 is 13.2 Å². The number of ether oxygens (including phenoxy) is 2. The van der Waals surface area contributed by atoms with E-state index in [0.717, 1.165) is 57.7 Å². The minimum atomic E-state index is -0.925. The highest BCUT2D eigenvalue weighted by atomic mass is 16.7. The molecule has 0 unspecified atom stereocenters. The van der Waals surface area contributed by atoms with E-state index in [-0.39, 0.29) is 12.0 Å². The molecule has 4 heterocycles. The first-order valence-corrected chi connectivity index (χ1v) is 14.4. The number of methoxy groups -OCH3 is 1. The van der Waals surface area contributed by atoms with Crippen molar-refractivity contribution in [1.29, 1.82) is 0 Å². The van der Waals surface area contributed by atoms with Gasteiger partial charge in [-0.1, -0.05) is 18.2 Å². The quantitative estimate of drug-likeness (QED) is 0.447. The molecule has 0 radical (unpaired) electrons. The summed E-state index contributed by atoms with van der Waals surface area (Å²) < 4.78 is 24.2. The molecule has 3 aromatic rings. The first kappa shape index (κ1) is 26.6. The summed E-state index contributed by atoms with van der Waals surface area (Å²) in [5.41, 5.74) is 7.80. The van der Waals surface area contributed by atoms with E-state index in [1.807, 2.05) is 0 Å². The topological polar surface area (TPSA) is 106 Å². The monoisotopic (exact) mass is 557 g/mol. The van der Waals surface area contributed by atoms with Crippen LogP contribution in [0.3, 0.4) is 0 Å². The predicted octanol–water partition coefficient (Wildman–Crippen LogP) is 4.72. The molecule has 9 nitrogen and oxygen atoms in total. The molecule has 1 amide bonds. The molecule has 10 heteroatoms. The van der Waals surface area contributed by atoms with E-state index in [4.69, 9.17) is 23.8 Å². The molecular weight excluding hydrogens is 521 g/mol. The van der Waals surface area contributed by atoms with E-state index in [9.17, 15) is 9.90 Å². The Morgan fingerprint density at radius 1 is 1.10 bits per heavy atom. The lowest BCUT2D eigenvalue weighted by Gasteiger charge is -2.32. The van der Waals surface area contributed by atoms with E-state index in [1.54, 1.807) is 7.11 Å². The Balaban J connectivity index is 1.19. The summed E-state index contributed by atoms with van der Waals surface area (Å²) in [5.74, 6) is 1.70. The van der Waals surface area contributed by atoms with Gasteiger partial charge in [-0.3, -0.25) is 4.90 Å². The van der Waals surface area contributed by atoms with E-state index in [1.165, 1.54) is 10.5 Å². The molecule has 214 valence electrons. The van der Waals surface area contributed by atoms with E-state index in [0.29, 0.717) is 32.0 Å². The first-order valence-electron chi connectivity index (χ1n) is 14.4. The number of benzene rings is 2. The highest BCUT2D eigenvalue weighted by molar-refractivity contribution is 6.62. The molecule has 0 bridgehead atoms. The van der Waals surface area contributed by atoms with Crippen LogP contribution in [0.5, 0.6) is 5.75 Å². The van der Waals surface area contributed by atoms with Crippen molar-refractivity contribution in [1.82, 2.24) is 14.9 Å². The molecule has 4 aliphatic rings. The summed E-state index contributed by atoms with van der Waals surface area (Å²) in [6.07, 6.45) is 1.46. The zero-order valence-electron chi connectivity index (χ0n) is 24.2. The minimum absolute atomic E-state index is 0.154. The van der Waals surface area contributed by atoms with Crippen molar-refractivity contribution in [3.05, 3.63) is 53.0 Å². The average Bonchev–Trinajstić information content (AvgIpc) is 3.61. The van der Waals surface area contributed by atoms with Crippen LogP contribution in [0.4, 0.5) is 4.79 Å². The largest absolute Gasteiger partial charge is 0.494 e. The van der Waals surface area contributed by atoms with Crippen LogP contribution < -0.4 is 10.2 Å². The summed E-state index contributed by atoms with van der Waals surface area (Å²) >= 11 is 0. The van der Waals surface area contributed by atoms with Crippen molar-refractivity contribution in [2.45, 2.75) is 70.8 Å².